The van der Waals surface area contributed by atoms with Crippen molar-refractivity contribution in [2.45, 2.75) is 0 Å². The first-order chi connectivity index (χ1) is 6.42. The molecule has 0 N–H and O–H groups in total. The molecule has 2 heteroatoms. The van der Waals surface area contributed by atoms with Crippen LogP contribution < -0.4 is 0 Å². The molecule has 0 saturated heterocycles. The first-order valence-corrected chi connectivity index (χ1v) is 4.46. The lowest BCUT2D eigenvalue weighted by Crippen LogP contribution is -1.80. The Bertz CT molecular complexity index is 443. The summed E-state index contributed by atoms with van der Waals surface area (Å²) in [5, 5.41) is 1.13. The minimum absolute atomic E-state index is 0.995. The molecule has 0 fully saturated rings. The van der Waals surface area contributed by atoms with Crippen molar-refractivity contribution in [1.29, 1.82) is 0 Å². The number of hydrogen-bond acceptors (Lipinski definition) is 1. The third kappa shape index (κ3) is 1.56. The lowest BCUT2D eigenvalue weighted by atomic mass is 10.1. The molecule has 0 atom stereocenters. The summed E-state index contributed by atoms with van der Waals surface area (Å²) in [5.74, 6) is 0. The van der Waals surface area contributed by atoms with Gasteiger partial charge in [0.2, 0.25) is 0 Å². The van der Waals surface area contributed by atoms with Crippen molar-refractivity contribution in [2.75, 3.05) is 0 Å². The quantitative estimate of drug-likeness (QED) is 0.670. The Balaban J connectivity index is 2.75. The minimum Gasteiger partial charge on any atom is -0.256 e. The van der Waals surface area contributed by atoms with Gasteiger partial charge in [0.05, 0.1) is 5.52 Å². The lowest BCUT2D eigenvalue weighted by molar-refractivity contribution is 1.41. The van der Waals surface area contributed by atoms with Gasteiger partial charge in [-0.15, -0.1) is 0 Å². The summed E-state index contributed by atoms with van der Waals surface area (Å²) in [6.07, 6.45) is 3.65. The Morgan fingerprint density at radius 1 is 1.15 bits per heavy atom. The Labute approximate surface area is 81.7 Å². The predicted molar refractivity (Wildman–Crippen MR) is 56.6 cm³/mol. The van der Waals surface area contributed by atoms with E-state index in [9.17, 15) is 0 Å². The van der Waals surface area contributed by atoms with Crippen LogP contribution in [0.15, 0.2) is 42.1 Å². The highest BCUT2D eigenvalue weighted by Gasteiger charge is 1.96. The van der Waals surface area contributed by atoms with E-state index in [0.29, 0.717) is 0 Å². The van der Waals surface area contributed by atoms with Gasteiger partial charge in [0.1, 0.15) is 0 Å². The van der Waals surface area contributed by atoms with Crippen molar-refractivity contribution >= 4 is 28.6 Å². The van der Waals surface area contributed by atoms with E-state index in [2.05, 4.69) is 4.98 Å². The highest BCUT2D eigenvalue weighted by Crippen LogP contribution is 2.17. The van der Waals surface area contributed by atoms with E-state index in [4.69, 9.17) is 11.6 Å². The summed E-state index contributed by atoms with van der Waals surface area (Å²) in [7, 11) is 0. The maximum Gasteiger partial charge on any atom is 0.0707 e. The molecule has 2 rings (SSSR count). The summed E-state index contributed by atoms with van der Waals surface area (Å²) in [5.41, 5.74) is 3.61. The van der Waals surface area contributed by atoms with Crippen LogP contribution >= 0.6 is 11.6 Å². The topological polar surface area (TPSA) is 12.9 Å². The summed E-state index contributed by atoms with van der Waals surface area (Å²) in [4.78, 5) is 4.25. The van der Waals surface area contributed by atoms with E-state index in [1.165, 1.54) is 5.54 Å². The van der Waals surface area contributed by atoms with Gasteiger partial charge in [-0.05, 0) is 23.8 Å². The average molecular weight is 190 g/mol. The number of halogens is 1. The maximum atomic E-state index is 5.54. The highest BCUT2D eigenvalue weighted by atomic mass is 35.5. The van der Waals surface area contributed by atoms with Crippen molar-refractivity contribution in [2.24, 2.45) is 0 Å². The lowest BCUT2D eigenvalue weighted by Gasteiger charge is -1.99. The van der Waals surface area contributed by atoms with Crippen LogP contribution in [0.2, 0.25) is 0 Å². The Hall–Kier alpha value is -1.34. The normalized spacial score (nSPS) is 11.2. The Kier molecular flexibility index (Phi) is 2.28. The molecule has 0 saturated carbocycles. The van der Waals surface area contributed by atoms with Crippen LogP contribution in [-0.2, 0) is 0 Å². The molecule has 2 aromatic rings. The number of hydrogen-bond donors (Lipinski definition) is 0. The second kappa shape index (κ2) is 3.58. The van der Waals surface area contributed by atoms with Gasteiger partial charge in [0, 0.05) is 17.1 Å². The molecule has 64 valence electrons. The predicted octanol–water partition coefficient (Wildman–Crippen LogP) is 3.44. The Morgan fingerprint density at radius 3 is 2.85 bits per heavy atom. The van der Waals surface area contributed by atoms with Crippen LogP contribution in [-0.4, -0.2) is 4.98 Å². The van der Waals surface area contributed by atoms with Gasteiger partial charge in [-0.3, -0.25) is 4.98 Å². The van der Waals surface area contributed by atoms with Crippen LogP contribution in [0, 0.1) is 0 Å². The van der Waals surface area contributed by atoms with Gasteiger partial charge in [0.15, 0.2) is 0 Å². The number of fused-ring (bicyclic) bond motifs is 1. The molecule has 0 amide bonds. The molecular formula is C11H8ClN. The van der Waals surface area contributed by atoms with E-state index < -0.39 is 0 Å². The highest BCUT2D eigenvalue weighted by molar-refractivity contribution is 6.27. The molecule has 0 spiro atoms. The van der Waals surface area contributed by atoms with Crippen LogP contribution in [0.1, 0.15) is 5.56 Å². The molecule has 0 radical (unpaired) electrons. The van der Waals surface area contributed by atoms with Crippen LogP contribution in [0.3, 0.4) is 0 Å². The number of rotatable bonds is 1. The zero-order chi connectivity index (χ0) is 9.10. The summed E-state index contributed by atoms with van der Waals surface area (Å²) >= 11 is 5.54. The first-order valence-electron chi connectivity index (χ1n) is 4.02. The van der Waals surface area contributed by atoms with Crippen molar-refractivity contribution in [1.82, 2.24) is 4.98 Å². The molecule has 0 bridgehead atoms. The van der Waals surface area contributed by atoms with Gasteiger partial charge in [-0.1, -0.05) is 29.8 Å². The molecule has 0 aliphatic heterocycles. The van der Waals surface area contributed by atoms with Crippen LogP contribution in [0.5, 0.6) is 0 Å². The zero-order valence-corrected chi connectivity index (χ0v) is 7.70. The monoisotopic (exact) mass is 189 g/mol. The van der Waals surface area contributed by atoms with Crippen molar-refractivity contribution in [3.8, 4) is 0 Å². The van der Waals surface area contributed by atoms with Crippen LogP contribution in [0.25, 0.3) is 17.0 Å². The molecule has 13 heavy (non-hydrogen) atoms. The molecule has 0 aliphatic carbocycles. The molecule has 1 heterocycles. The van der Waals surface area contributed by atoms with Crippen molar-refractivity contribution in [3.05, 3.63) is 47.6 Å². The van der Waals surface area contributed by atoms with E-state index in [0.717, 1.165) is 16.5 Å². The van der Waals surface area contributed by atoms with Gasteiger partial charge in [-0.25, -0.2) is 0 Å². The number of pyridine rings is 1. The maximum absolute atomic E-state index is 5.54. The number of benzene rings is 1. The third-order valence-electron chi connectivity index (χ3n) is 1.93. The smallest absolute Gasteiger partial charge is 0.0707 e. The fourth-order valence-electron chi connectivity index (χ4n) is 1.33. The average Bonchev–Trinajstić information content (AvgIpc) is 2.19. The van der Waals surface area contributed by atoms with Gasteiger partial charge >= 0.3 is 0 Å². The third-order valence-corrected chi connectivity index (χ3v) is 2.05. The van der Waals surface area contributed by atoms with E-state index in [1.54, 1.807) is 6.20 Å². The second-order valence-corrected chi connectivity index (χ2v) is 2.96. The summed E-state index contributed by atoms with van der Waals surface area (Å²) in [6, 6.07) is 9.94. The first kappa shape index (κ1) is 8.27. The fourth-order valence-corrected chi connectivity index (χ4v) is 1.47. The number of para-hydroxylation sites is 1. The minimum atomic E-state index is 0.995. The number of nitrogens with zero attached hydrogens (tertiary/aromatic N) is 1. The van der Waals surface area contributed by atoms with Crippen molar-refractivity contribution < 1.29 is 0 Å². The Morgan fingerprint density at radius 2 is 2.00 bits per heavy atom. The second-order valence-electron chi connectivity index (χ2n) is 2.71. The largest absolute Gasteiger partial charge is 0.256 e. The van der Waals surface area contributed by atoms with Crippen molar-refractivity contribution in [3.63, 3.8) is 0 Å². The zero-order valence-electron chi connectivity index (χ0n) is 6.94. The van der Waals surface area contributed by atoms with E-state index in [-0.39, 0.29) is 0 Å². The molecular weight excluding hydrogens is 182 g/mol. The van der Waals surface area contributed by atoms with Gasteiger partial charge < -0.3 is 0 Å². The SMILES string of the molecule is Cl/C=C\c1ccnc2ccccc12. The number of aromatic nitrogens is 1. The molecule has 1 nitrogen and oxygen atoms in total. The molecule has 0 unspecified atom stereocenters. The van der Waals surface area contributed by atoms with Crippen LogP contribution in [0.4, 0.5) is 0 Å². The summed E-state index contributed by atoms with van der Waals surface area (Å²) < 4.78 is 0. The molecule has 1 aromatic heterocycles. The standard InChI is InChI=1S/C11H8ClN/c12-7-5-9-6-8-13-11-4-2-1-3-10(9)11/h1-8H/b7-5-. The van der Waals surface area contributed by atoms with E-state index in [1.807, 2.05) is 36.4 Å². The fraction of sp³-hybridized carbons (Fsp3) is 0. The molecule has 0 aliphatic rings. The van der Waals surface area contributed by atoms with Gasteiger partial charge in [-0.2, -0.15) is 0 Å². The van der Waals surface area contributed by atoms with Gasteiger partial charge in [0.25, 0.3) is 0 Å². The molecule has 1 aromatic carbocycles. The van der Waals surface area contributed by atoms with E-state index >= 15 is 0 Å². The summed E-state index contributed by atoms with van der Waals surface area (Å²) in [6.45, 7) is 0.